The molecule has 1 fully saturated rings. The van der Waals surface area contributed by atoms with Crippen molar-refractivity contribution in [3.63, 3.8) is 0 Å². The number of piperidine rings is 1. The third-order valence-electron chi connectivity index (χ3n) is 4.51. The van der Waals surface area contributed by atoms with Gasteiger partial charge in [-0.3, -0.25) is 4.40 Å². The van der Waals surface area contributed by atoms with Crippen molar-refractivity contribution in [2.24, 2.45) is 5.92 Å². The average Bonchev–Trinajstić information content (AvgIpc) is 3.15. The van der Waals surface area contributed by atoms with Gasteiger partial charge in [0.05, 0.1) is 5.69 Å². The number of pyridine rings is 1. The van der Waals surface area contributed by atoms with Gasteiger partial charge in [-0.2, -0.15) is 5.26 Å². The summed E-state index contributed by atoms with van der Waals surface area (Å²) >= 11 is 0. The molecule has 0 aliphatic carbocycles. The van der Waals surface area contributed by atoms with E-state index in [0.717, 1.165) is 49.6 Å². The molecule has 0 amide bonds. The summed E-state index contributed by atoms with van der Waals surface area (Å²) in [5, 5.41) is 20.7. The summed E-state index contributed by atoms with van der Waals surface area (Å²) < 4.78 is 1.89. The number of hydrogen-bond donors (Lipinski definition) is 1. The van der Waals surface area contributed by atoms with Gasteiger partial charge in [-0.25, -0.2) is 9.97 Å². The van der Waals surface area contributed by atoms with Crippen LogP contribution in [-0.4, -0.2) is 44.2 Å². The van der Waals surface area contributed by atoms with Gasteiger partial charge in [-0.05, 0) is 30.9 Å². The molecular weight excluding hydrogens is 316 g/mol. The number of nitriles is 1. The number of aromatic nitrogens is 5. The van der Waals surface area contributed by atoms with Crippen LogP contribution in [0.4, 0.5) is 11.5 Å². The van der Waals surface area contributed by atoms with Crippen LogP contribution in [0.25, 0.3) is 5.65 Å². The van der Waals surface area contributed by atoms with Crippen LogP contribution in [0, 0.1) is 17.2 Å². The van der Waals surface area contributed by atoms with Gasteiger partial charge >= 0.3 is 0 Å². The molecule has 126 valence electrons. The Morgan fingerprint density at radius 3 is 3.20 bits per heavy atom. The van der Waals surface area contributed by atoms with Crippen molar-refractivity contribution in [3.8, 4) is 6.07 Å². The van der Waals surface area contributed by atoms with E-state index in [4.69, 9.17) is 5.26 Å². The lowest BCUT2D eigenvalue weighted by molar-refractivity contribution is 0.430. The second-order valence-corrected chi connectivity index (χ2v) is 6.16. The number of anilines is 2. The molecular formula is C17H18N8. The summed E-state index contributed by atoms with van der Waals surface area (Å²) in [6.45, 7) is 2.66. The minimum Gasteiger partial charge on any atom is -0.382 e. The van der Waals surface area contributed by atoms with Crippen LogP contribution in [0.3, 0.4) is 0 Å². The van der Waals surface area contributed by atoms with Gasteiger partial charge in [0, 0.05) is 38.2 Å². The first kappa shape index (κ1) is 15.3. The lowest BCUT2D eigenvalue weighted by Crippen LogP contribution is -2.38. The molecule has 3 aromatic heterocycles. The minimum absolute atomic E-state index is 0.435. The summed E-state index contributed by atoms with van der Waals surface area (Å²) in [5.41, 5.74) is 2.01. The minimum atomic E-state index is 0.435. The number of nitrogens with one attached hydrogen (secondary N) is 1. The van der Waals surface area contributed by atoms with Gasteiger partial charge in [-0.15, -0.1) is 10.2 Å². The maximum atomic E-state index is 9.14. The Kier molecular flexibility index (Phi) is 4.12. The van der Waals surface area contributed by atoms with E-state index in [1.165, 1.54) is 0 Å². The molecule has 8 nitrogen and oxygen atoms in total. The van der Waals surface area contributed by atoms with E-state index >= 15 is 0 Å². The van der Waals surface area contributed by atoms with E-state index in [0.29, 0.717) is 11.6 Å². The number of hydrogen-bond acceptors (Lipinski definition) is 7. The van der Waals surface area contributed by atoms with Crippen LogP contribution in [0.1, 0.15) is 18.5 Å². The van der Waals surface area contributed by atoms with E-state index in [-0.39, 0.29) is 0 Å². The fourth-order valence-electron chi connectivity index (χ4n) is 3.28. The number of rotatable bonds is 4. The van der Waals surface area contributed by atoms with Crippen LogP contribution >= 0.6 is 0 Å². The molecule has 1 atom stereocenters. The number of fused-ring (bicyclic) bond motifs is 1. The highest BCUT2D eigenvalue weighted by atomic mass is 15.3. The highest BCUT2D eigenvalue weighted by molar-refractivity contribution is 5.63. The largest absolute Gasteiger partial charge is 0.382 e. The molecule has 0 spiro atoms. The summed E-state index contributed by atoms with van der Waals surface area (Å²) in [4.78, 5) is 10.9. The zero-order valence-electron chi connectivity index (χ0n) is 13.7. The molecule has 1 saturated heterocycles. The van der Waals surface area contributed by atoms with Crippen LogP contribution < -0.4 is 10.2 Å². The van der Waals surface area contributed by atoms with E-state index in [2.05, 4.69) is 36.5 Å². The Balaban J connectivity index is 1.46. The maximum Gasteiger partial charge on any atom is 0.203 e. The molecule has 1 aliphatic heterocycles. The zero-order valence-corrected chi connectivity index (χ0v) is 13.7. The molecule has 0 saturated carbocycles. The van der Waals surface area contributed by atoms with Crippen molar-refractivity contribution in [1.82, 2.24) is 24.6 Å². The first-order valence-electron chi connectivity index (χ1n) is 8.33. The van der Waals surface area contributed by atoms with E-state index in [9.17, 15) is 0 Å². The van der Waals surface area contributed by atoms with Gasteiger partial charge in [0.1, 0.15) is 12.4 Å². The highest BCUT2D eigenvalue weighted by Crippen LogP contribution is 2.24. The summed E-state index contributed by atoms with van der Waals surface area (Å²) in [7, 11) is 0. The molecule has 3 aromatic rings. The predicted octanol–water partition coefficient (Wildman–Crippen LogP) is 1.72. The summed E-state index contributed by atoms with van der Waals surface area (Å²) in [5.74, 6) is 1.34. The summed E-state index contributed by atoms with van der Waals surface area (Å²) in [6.07, 6.45) is 9.20. The molecule has 1 aliphatic rings. The molecule has 0 radical (unpaired) electrons. The maximum absolute atomic E-state index is 9.14. The van der Waals surface area contributed by atoms with E-state index < -0.39 is 0 Å². The van der Waals surface area contributed by atoms with Crippen LogP contribution in [-0.2, 0) is 0 Å². The predicted molar refractivity (Wildman–Crippen MR) is 93.2 cm³/mol. The van der Waals surface area contributed by atoms with Crippen molar-refractivity contribution < 1.29 is 0 Å². The van der Waals surface area contributed by atoms with Gasteiger partial charge < -0.3 is 10.2 Å². The Morgan fingerprint density at radius 1 is 1.32 bits per heavy atom. The van der Waals surface area contributed by atoms with Crippen LogP contribution in [0.5, 0.6) is 0 Å². The van der Waals surface area contributed by atoms with Gasteiger partial charge in [0.25, 0.3) is 0 Å². The lowest BCUT2D eigenvalue weighted by Gasteiger charge is -2.33. The molecule has 1 N–H and O–H groups in total. The quantitative estimate of drug-likeness (QED) is 0.776. The smallest absolute Gasteiger partial charge is 0.203 e. The molecule has 25 heavy (non-hydrogen) atoms. The Hall–Kier alpha value is -3.21. The summed E-state index contributed by atoms with van der Waals surface area (Å²) in [6, 6.07) is 5.86. The second-order valence-electron chi connectivity index (χ2n) is 6.16. The van der Waals surface area contributed by atoms with Crippen LogP contribution in [0.15, 0.2) is 37.1 Å². The lowest BCUT2D eigenvalue weighted by atomic mass is 9.98. The third kappa shape index (κ3) is 3.08. The molecule has 1 unspecified atom stereocenters. The molecule has 4 heterocycles. The van der Waals surface area contributed by atoms with Crippen molar-refractivity contribution in [3.05, 3.63) is 42.7 Å². The standard InChI is InChI=1S/C17H18N8/c18-9-15-14(4-1-5-19-15)21-10-13-3-2-7-24(11-13)16-17-23-22-12-25(17)8-6-20-16/h1,4-6,8,12-13,21H,2-3,7,10-11H2. The first-order valence-corrected chi connectivity index (χ1v) is 8.33. The fourth-order valence-corrected chi connectivity index (χ4v) is 3.28. The monoisotopic (exact) mass is 334 g/mol. The first-order chi connectivity index (χ1) is 12.3. The number of nitrogens with zero attached hydrogens (tertiary/aromatic N) is 7. The van der Waals surface area contributed by atoms with E-state index in [1.54, 1.807) is 18.7 Å². The van der Waals surface area contributed by atoms with Gasteiger partial charge in [-0.1, -0.05) is 0 Å². The SMILES string of the molecule is N#Cc1ncccc1NCC1CCCN(c2nccn3cnnc23)C1. The zero-order chi connectivity index (χ0) is 17.1. The van der Waals surface area contributed by atoms with Gasteiger partial charge in [0.15, 0.2) is 11.5 Å². The average molecular weight is 334 g/mol. The molecule has 0 aromatic carbocycles. The molecule has 8 heteroatoms. The topological polar surface area (TPSA) is 95.0 Å². The molecule has 0 bridgehead atoms. The Bertz CT molecular complexity index is 912. The molecule has 4 rings (SSSR count). The van der Waals surface area contributed by atoms with E-state index in [1.807, 2.05) is 22.7 Å². The van der Waals surface area contributed by atoms with Crippen molar-refractivity contribution in [2.45, 2.75) is 12.8 Å². The second kappa shape index (κ2) is 6.73. The third-order valence-corrected chi connectivity index (χ3v) is 4.51. The van der Waals surface area contributed by atoms with Crippen molar-refractivity contribution >= 4 is 17.2 Å². The van der Waals surface area contributed by atoms with Crippen molar-refractivity contribution in [2.75, 3.05) is 29.9 Å². The Morgan fingerprint density at radius 2 is 2.28 bits per heavy atom. The fraction of sp³-hybridized carbons (Fsp3) is 0.353. The van der Waals surface area contributed by atoms with Crippen LogP contribution in [0.2, 0.25) is 0 Å². The normalized spacial score (nSPS) is 17.4. The van der Waals surface area contributed by atoms with Crippen molar-refractivity contribution in [1.29, 1.82) is 5.26 Å². The Labute approximate surface area is 145 Å². The van der Waals surface area contributed by atoms with Gasteiger partial charge in [0.2, 0.25) is 5.65 Å². The highest BCUT2D eigenvalue weighted by Gasteiger charge is 2.23.